The molecule has 1 aromatic heterocycles. The SMILES string of the molecule is COc1ccccc1/C=C/C(=O)c1nn(C)cc1Cl. The molecule has 0 saturated heterocycles. The molecule has 0 aliphatic carbocycles. The van der Waals surface area contributed by atoms with Gasteiger partial charge >= 0.3 is 0 Å². The number of allylic oxidation sites excluding steroid dienone is 1. The molecule has 98 valence electrons. The van der Waals surface area contributed by atoms with E-state index in [0.29, 0.717) is 10.8 Å². The highest BCUT2D eigenvalue weighted by molar-refractivity contribution is 6.34. The number of aromatic nitrogens is 2. The van der Waals surface area contributed by atoms with Crippen molar-refractivity contribution in [1.29, 1.82) is 0 Å². The van der Waals surface area contributed by atoms with Crippen LogP contribution in [0.3, 0.4) is 0 Å². The van der Waals surface area contributed by atoms with Crippen LogP contribution in [0.25, 0.3) is 6.08 Å². The second-order valence-electron chi connectivity index (χ2n) is 3.94. The van der Waals surface area contributed by atoms with Gasteiger partial charge < -0.3 is 4.74 Å². The van der Waals surface area contributed by atoms with Crippen molar-refractivity contribution in [1.82, 2.24) is 9.78 Å². The summed E-state index contributed by atoms with van der Waals surface area (Å²) in [6, 6.07) is 7.44. The van der Waals surface area contributed by atoms with E-state index in [1.165, 1.54) is 10.8 Å². The van der Waals surface area contributed by atoms with Gasteiger partial charge in [0.2, 0.25) is 5.78 Å². The first-order valence-corrected chi connectivity index (χ1v) is 6.04. The Labute approximate surface area is 116 Å². The van der Waals surface area contributed by atoms with E-state index in [1.54, 1.807) is 26.4 Å². The molecule has 0 saturated carbocycles. The highest BCUT2D eigenvalue weighted by atomic mass is 35.5. The minimum Gasteiger partial charge on any atom is -0.496 e. The average molecular weight is 277 g/mol. The maximum absolute atomic E-state index is 12.0. The number of ether oxygens (including phenoxy) is 1. The number of ketones is 1. The zero-order valence-corrected chi connectivity index (χ0v) is 11.4. The number of carbonyl (C=O) groups is 1. The fourth-order valence-corrected chi connectivity index (χ4v) is 1.95. The van der Waals surface area contributed by atoms with E-state index in [1.807, 2.05) is 24.3 Å². The third kappa shape index (κ3) is 3.03. The molecular weight excluding hydrogens is 264 g/mol. The molecule has 0 aliphatic heterocycles. The number of hydrogen-bond donors (Lipinski definition) is 0. The van der Waals surface area contributed by atoms with Crippen LogP contribution >= 0.6 is 11.6 Å². The number of carbonyl (C=O) groups excluding carboxylic acids is 1. The largest absolute Gasteiger partial charge is 0.496 e. The lowest BCUT2D eigenvalue weighted by atomic mass is 10.1. The second kappa shape index (κ2) is 5.71. The van der Waals surface area contributed by atoms with Crippen LogP contribution in [0.1, 0.15) is 16.1 Å². The minimum absolute atomic E-state index is 0.239. The number of benzene rings is 1. The zero-order chi connectivity index (χ0) is 13.8. The fraction of sp³-hybridized carbons (Fsp3) is 0.143. The van der Waals surface area contributed by atoms with E-state index in [0.717, 1.165) is 5.56 Å². The quantitative estimate of drug-likeness (QED) is 0.637. The first-order valence-electron chi connectivity index (χ1n) is 5.66. The van der Waals surface area contributed by atoms with Crippen LogP contribution in [-0.4, -0.2) is 22.7 Å². The molecule has 2 rings (SSSR count). The Morgan fingerprint density at radius 3 is 2.79 bits per heavy atom. The van der Waals surface area contributed by atoms with Crippen LogP contribution in [-0.2, 0) is 7.05 Å². The Morgan fingerprint density at radius 1 is 1.42 bits per heavy atom. The molecule has 4 nitrogen and oxygen atoms in total. The molecule has 0 bridgehead atoms. The number of para-hydroxylation sites is 1. The summed E-state index contributed by atoms with van der Waals surface area (Å²) in [6.07, 6.45) is 4.71. The number of nitrogens with zero attached hydrogens (tertiary/aromatic N) is 2. The van der Waals surface area contributed by atoms with Crippen molar-refractivity contribution >= 4 is 23.5 Å². The van der Waals surface area contributed by atoms with E-state index in [-0.39, 0.29) is 11.5 Å². The monoisotopic (exact) mass is 276 g/mol. The molecule has 0 unspecified atom stereocenters. The Balaban J connectivity index is 2.23. The molecule has 0 fully saturated rings. The van der Waals surface area contributed by atoms with E-state index in [9.17, 15) is 4.79 Å². The van der Waals surface area contributed by atoms with Gasteiger partial charge in [-0.1, -0.05) is 29.8 Å². The predicted molar refractivity (Wildman–Crippen MR) is 74.6 cm³/mol. The molecule has 19 heavy (non-hydrogen) atoms. The van der Waals surface area contributed by atoms with Crippen LogP contribution in [0, 0.1) is 0 Å². The van der Waals surface area contributed by atoms with Gasteiger partial charge in [0.15, 0.2) is 5.69 Å². The zero-order valence-electron chi connectivity index (χ0n) is 10.6. The van der Waals surface area contributed by atoms with Crippen molar-refractivity contribution in [2.24, 2.45) is 7.05 Å². The van der Waals surface area contributed by atoms with Crippen LogP contribution in [0.2, 0.25) is 5.02 Å². The maximum Gasteiger partial charge on any atom is 0.207 e. The van der Waals surface area contributed by atoms with Crippen molar-refractivity contribution < 1.29 is 9.53 Å². The lowest BCUT2D eigenvalue weighted by molar-refractivity contribution is 0.104. The summed E-state index contributed by atoms with van der Waals surface area (Å²) in [4.78, 5) is 12.0. The van der Waals surface area contributed by atoms with Gasteiger partial charge in [-0.2, -0.15) is 5.10 Å². The number of hydrogen-bond acceptors (Lipinski definition) is 3. The number of methoxy groups -OCH3 is 1. The summed E-state index contributed by atoms with van der Waals surface area (Å²) in [6.45, 7) is 0. The van der Waals surface area contributed by atoms with Gasteiger partial charge in [-0.25, -0.2) is 0 Å². The lowest BCUT2D eigenvalue weighted by Gasteiger charge is -2.02. The highest BCUT2D eigenvalue weighted by Crippen LogP contribution is 2.20. The summed E-state index contributed by atoms with van der Waals surface area (Å²) in [5, 5.41) is 4.36. The summed E-state index contributed by atoms with van der Waals surface area (Å²) < 4.78 is 6.71. The molecule has 5 heteroatoms. The highest BCUT2D eigenvalue weighted by Gasteiger charge is 2.11. The van der Waals surface area contributed by atoms with Gasteiger partial charge in [0.1, 0.15) is 5.75 Å². The molecule has 0 N–H and O–H groups in total. The topological polar surface area (TPSA) is 44.1 Å². The Morgan fingerprint density at radius 2 is 2.16 bits per heavy atom. The number of rotatable bonds is 4. The molecule has 0 radical (unpaired) electrons. The van der Waals surface area contributed by atoms with Gasteiger partial charge in [-0.3, -0.25) is 9.48 Å². The van der Waals surface area contributed by atoms with Gasteiger partial charge in [0.25, 0.3) is 0 Å². The number of aryl methyl sites for hydroxylation is 1. The van der Waals surface area contributed by atoms with Crippen LogP contribution in [0.4, 0.5) is 0 Å². The maximum atomic E-state index is 12.0. The van der Waals surface area contributed by atoms with Crippen molar-refractivity contribution in [3.63, 3.8) is 0 Å². The fourth-order valence-electron chi connectivity index (χ4n) is 1.68. The van der Waals surface area contributed by atoms with E-state index >= 15 is 0 Å². The average Bonchev–Trinajstić information content (AvgIpc) is 2.75. The molecule has 1 heterocycles. The van der Waals surface area contributed by atoms with Gasteiger partial charge in [0.05, 0.1) is 12.1 Å². The Hall–Kier alpha value is -2.07. The van der Waals surface area contributed by atoms with E-state index in [2.05, 4.69) is 5.10 Å². The summed E-state index contributed by atoms with van der Waals surface area (Å²) in [5.41, 5.74) is 1.07. The molecular formula is C14H13ClN2O2. The van der Waals surface area contributed by atoms with E-state index in [4.69, 9.17) is 16.3 Å². The molecule has 2 aromatic rings. The van der Waals surface area contributed by atoms with Crippen molar-refractivity contribution in [3.8, 4) is 5.75 Å². The van der Waals surface area contributed by atoms with Crippen molar-refractivity contribution in [3.05, 3.63) is 52.8 Å². The molecule has 0 amide bonds. The van der Waals surface area contributed by atoms with Crippen molar-refractivity contribution in [2.45, 2.75) is 0 Å². The van der Waals surface area contributed by atoms with Crippen LogP contribution < -0.4 is 4.74 Å². The van der Waals surface area contributed by atoms with Crippen LogP contribution in [0.15, 0.2) is 36.5 Å². The number of halogens is 1. The third-order valence-corrected chi connectivity index (χ3v) is 2.85. The van der Waals surface area contributed by atoms with Crippen molar-refractivity contribution in [2.75, 3.05) is 7.11 Å². The smallest absolute Gasteiger partial charge is 0.207 e. The summed E-state index contributed by atoms with van der Waals surface area (Å²) in [7, 11) is 3.30. The standard InChI is InChI=1S/C14H13ClN2O2/c1-17-9-11(15)14(16-17)12(18)8-7-10-5-3-4-6-13(10)19-2/h3-9H,1-2H3/b8-7+. The molecule has 1 aromatic carbocycles. The minimum atomic E-state index is -0.239. The normalized spacial score (nSPS) is 10.9. The van der Waals surface area contributed by atoms with Crippen LogP contribution in [0.5, 0.6) is 5.75 Å². The Kier molecular flexibility index (Phi) is 4.02. The molecule has 0 spiro atoms. The van der Waals surface area contributed by atoms with Gasteiger partial charge in [0, 0.05) is 18.8 Å². The summed E-state index contributed by atoms with van der Waals surface area (Å²) >= 11 is 5.92. The lowest BCUT2D eigenvalue weighted by Crippen LogP contribution is -1.98. The van der Waals surface area contributed by atoms with Gasteiger partial charge in [-0.15, -0.1) is 0 Å². The second-order valence-corrected chi connectivity index (χ2v) is 4.35. The molecule has 0 atom stereocenters. The first kappa shape index (κ1) is 13.4. The molecule has 0 aliphatic rings. The first-order chi connectivity index (χ1) is 9.11. The summed E-state index contributed by atoms with van der Waals surface area (Å²) in [5.74, 6) is 0.468. The van der Waals surface area contributed by atoms with Gasteiger partial charge in [-0.05, 0) is 18.2 Å². The predicted octanol–water partition coefficient (Wildman–Crippen LogP) is 2.98. The Bertz CT molecular complexity index is 632. The van der Waals surface area contributed by atoms with E-state index < -0.39 is 0 Å². The third-order valence-electron chi connectivity index (χ3n) is 2.57.